The van der Waals surface area contributed by atoms with E-state index in [-0.39, 0.29) is 12.1 Å². The van der Waals surface area contributed by atoms with Crippen molar-refractivity contribution >= 4 is 5.97 Å². The number of carbonyl (C=O) groups excluding carboxylic acids is 1. The molecule has 1 rings (SSSR count). The van der Waals surface area contributed by atoms with Crippen molar-refractivity contribution in [3.63, 3.8) is 0 Å². The lowest BCUT2D eigenvalue weighted by molar-refractivity contribution is -0.144. The molecule has 10 heavy (non-hydrogen) atoms. The normalized spacial score (nSPS) is 21.9. The standard InChI is InChI=1S/C7H10O3/c1-5(2)3-10-7(8)6-4-9-6/h6H,1,3-4H2,2H3. The number of epoxide rings is 1. The van der Waals surface area contributed by atoms with Crippen LogP contribution in [0.25, 0.3) is 0 Å². The largest absolute Gasteiger partial charge is 0.459 e. The zero-order valence-electron chi connectivity index (χ0n) is 5.92. The van der Waals surface area contributed by atoms with Crippen molar-refractivity contribution in [1.29, 1.82) is 0 Å². The zero-order valence-corrected chi connectivity index (χ0v) is 5.92. The molecule has 56 valence electrons. The predicted octanol–water partition coefficient (Wildman–Crippen LogP) is 0.504. The van der Waals surface area contributed by atoms with Crippen LogP contribution < -0.4 is 0 Å². The molecule has 1 unspecified atom stereocenters. The summed E-state index contributed by atoms with van der Waals surface area (Å²) in [6, 6.07) is 0. The fourth-order valence-electron chi connectivity index (χ4n) is 0.471. The number of ether oxygens (including phenoxy) is 2. The van der Waals surface area contributed by atoms with Crippen LogP contribution in [-0.2, 0) is 14.3 Å². The highest BCUT2D eigenvalue weighted by Crippen LogP contribution is 2.10. The minimum absolute atomic E-state index is 0.275. The van der Waals surface area contributed by atoms with Crippen LogP contribution in [0.15, 0.2) is 12.2 Å². The maximum absolute atomic E-state index is 10.7. The van der Waals surface area contributed by atoms with Crippen LogP contribution in [0.1, 0.15) is 6.92 Å². The first kappa shape index (κ1) is 7.28. The van der Waals surface area contributed by atoms with Gasteiger partial charge >= 0.3 is 5.97 Å². The Balaban J connectivity index is 2.12. The molecule has 0 spiro atoms. The molecule has 1 fully saturated rings. The maximum Gasteiger partial charge on any atom is 0.338 e. The number of carbonyl (C=O) groups is 1. The van der Waals surface area contributed by atoms with Gasteiger partial charge in [0.15, 0.2) is 6.10 Å². The van der Waals surface area contributed by atoms with Crippen molar-refractivity contribution in [2.45, 2.75) is 13.0 Å². The van der Waals surface area contributed by atoms with Crippen molar-refractivity contribution in [3.05, 3.63) is 12.2 Å². The molecule has 0 saturated carbocycles. The summed E-state index contributed by atoms with van der Waals surface area (Å²) in [6.45, 7) is 6.21. The van der Waals surface area contributed by atoms with Crippen molar-refractivity contribution in [3.8, 4) is 0 Å². The molecular weight excluding hydrogens is 132 g/mol. The first-order valence-electron chi connectivity index (χ1n) is 3.13. The average molecular weight is 142 g/mol. The van der Waals surface area contributed by atoms with E-state index in [9.17, 15) is 4.79 Å². The smallest absolute Gasteiger partial charge is 0.338 e. The Morgan fingerprint density at radius 2 is 2.50 bits per heavy atom. The van der Waals surface area contributed by atoms with Crippen LogP contribution in [0, 0.1) is 0 Å². The average Bonchev–Trinajstić information content (AvgIpc) is 2.63. The van der Waals surface area contributed by atoms with Gasteiger partial charge in [0.05, 0.1) is 6.61 Å². The van der Waals surface area contributed by atoms with Crippen molar-refractivity contribution in [2.75, 3.05) is 13.2 Å². The lowest BCUT2D eigenvalue weighted by Gasteiger charge is -1.99. The van der Waals surface area contributed by atoms with Gasteiger partial charge in [-0.25, -0.2) is 4.79 Å². The van der Waals surface area contributed by atoms with E-state index in [4.69, 9.17) is 9.47 Å². The first-order valence-corrected chi connectivity index (χ1v) is 3.13. The minimum Gasteiger partial charge on any atom is -0.459 e. The van der Waals surface area contributed by atoms with E-state index in [0.717, 1.165) is 5.57 Å². The molecule has 1 saturated heterocycles. The van der Waals surface area contributed by atoms with E-state index in [0.29, 0.717) is 13.2 Å². The Kier molecular flexibility index (Phi) is 2.06. The third-order valence-corrected chi connectivity index (χ3v) is 1.06. The minimum atomic E-state index is -0.292. The highest BCUT2D eigenvalue weighted by atomic mass is 16.6. The van der Waals surface area contributed by atoms with Crippen LogP contribution in [0.3, 0.4) is 0 Å². The molecule has 0 aromatic heterocycles. The van der Waals surface area contributed by atoms with Crippen LogP contribution in [0.2, 0.25) is 0 Å². The summed E-state index contributed by atoms with van der Waals surface area (Å²) >= 11 is 0. The van der Waals surface area contributed by atoms with Crippen LogP contribution in [-0.4, -0.2) is 25.3 Å². The number of hydrogen-bond acceptors (Lipinski definition) is 3. The summed E-state index contributed by atoms with van der Waals surface area (Å²) in [5.74, 6) is -0.275. The molecule has 3 heteroatoms. The van der Waals surface area contributed by atoms with Gasteiger partial charge < -0.3 is 9.47 Å². The second-order valence-electron chi connectivity index (χ2n) is 2.39. The molecule has 0 aliphatic carbocycles. The Morgan fingerprint density at radius 3 is 2.90 bits per heavy atom. The fraction of sp³-hybridized carbons (Fsp3) is 0.571. The monoisotopic (exact) mass is 142 g/mol. The topological polar surface area (TPSA) is 38.8 Å². The van der Waals surface area contributed by atoms with Crippen molar-refractivity contribution in [2.24, 2.45) is 0 Å². The van der Waals surface area contributed by atoms with Gasteiger partial charge in [-0.2, -0.15) is 0 Å². The van der Waals surface area contributed by atoms with Gasteiger partial charge in [-0.3, -0.25) is 0 Å². The summed E-state index contributed by atoms with van der Waals surface area (Å²) in [4.78, 5) is 10.7. The van der Waals surface area contributed by atoms with E-state index in [2.05, 4.69) is 6.58 Å². The van der Waals surface area contributed by atoms with Crippen LogP contribution in [0.5, 0.6) is 0 Å². The van der Waals surface area contributed by atoms with Gasteiger partial charge in [-0.15, -0.1) is 0 Å². The highest BCUT2D eigenvalue weighted by molar-refractivity contribution is 5.77. The molecule has 1 aliphatic rings. The highest BCUT2D eigenvalue weighted by Gasteiger charge is 2.32. The van der Waals surface area contributed by atoms with Gasteiger partial charge in [-0.05, 0) is 12.5 Å². The van der Waals surface area contributed by atoms with Crippen molar-refractivity contribution < 1.29 is 14.3 Å². The summed E-state index contributed by atoms with van der Waals surface area (Å²) in [7, 11) is 0. The summed E-state index contributed by atoms with van der Waals surface area (Å²) in [5, 5.41) is 0. The molecule has 1 atom stereocenters. The summed E-state index contributed by atoms with van der Waals surface area (Å²) in [6.07, 6.45) is -0.292. The number of esters is 1. The van der Waals surface area contributed by atoms with Crippen LogP contribution in [0.4, 0.5) is 0 Å². The summed E-state index contributed by atoms with van der Waals surface area (Å²) in [5.41, 5.74) is 0.842. The molecule has 0 bridgehead atoms. The lowest BCUT2D eigenvalue weighted by atomic mass is 10.4. The Bertz CT molecular complexity index is 158. The van der Waals surface area contributed by atoms with Gasteiger partial charge in [0, 0.05) is 0 Å². The van der Waals surface area contributed by atoms with Gasteiger partial charge in [0.2, 0.25) is 0 Å². The second-order valence-corrected chi connectivity index (χ2v) is 2.39. The molecule has 0 amide bonds. The quantitative estimate of drug-likeness (QED) is 0.327. The molecule has 1 heterocycles. The Labute approximate surface area is 59.6 Å². The number of rotatable bonds is 3. The zero-order chi connectivity index (χ0) is 7.56. The maximum atomic E-state index is 10.7. The molecule has 0 radical (unpaired) electrons. The molecular formula is C7H10O3. The third kappa shape index (κ3) is 2.19. The molecule has 1 aliphatic heterocycles. The van der Waals surface area contributed by atoms with E-state index in [1.807, 2.05) is 0 Å². The van der Waals surface area contributed by atoms with E-state index >= 15 is 0 Å². The van der Waals surface area contributed by atoms with Crippen molar-refractivity contribution in [1.82, 2.24) is 0 Å². The van der Waals surface area contributed by atoms with Gasteiger partial charge in [0.1, 0.15) is 6.61 Å². The molecule has 0 aromatic rings. The third-order valence-electron chi connectivity index (χ3n) is 1.06. The molecule has 3 nitrogen and oxygen atoms in total. The predicted molar refractivity (Wildman–Crippen MR) is 35.5 cm³/mol. The SMILES string of the molecule is C=C(C)COC(=O)C1CO1. The summed E-state index contributed by atoms with van der Waals surface area (Å²) < 4.78 is 9.46. The Morgan fingerprint density at radius 1 is 1.90 bits per heavy atom. The van der Waals surface area contributed by atoms with Gasteiger partial charge in [0.25, 0.3) is 0 Å². The second kappa shape index (κ2) is 2.84. The fourth-order valence-corrected chi connectivity index (χ4v) is 0.471. The van der Waals surface area contributed by atoms with Gasteiger partial charge in [-0.1, -0.05) is 6.58 Å². The molecule has 0 N–H and O–H groups in total. The van der Waals surface area contributed by atoms with Crippen LogP contribution >= 0.6 is 0 Å². The van der Waals surface area contributed by atoms with E-state index in [1.54, 1.807) is 6.92 Å². The van der Waals surface area contributed by atoms with E-state index < -0.39 is 0 Å². The Hall–Kier alpha value is -0.830. The van der Waals surface area contributed by atoms with E-state index in [1.165, 1.54) is 0 Å². The lowest BCUT2D eigenvalue weighted by Crippen LogP contribution is -2.12. The first-order chi connectivity index (χ1) is 4.70. The number of hydrogen-bond donors (Lipinski definition) is 0. The molecule has 0 aromatic carbocycles.